The van der Waals surface area contributed by atoms with E-state index in [9.17, 15) is 0 Å². The zero-order chi connectivity index (χ0) is 33.1. The summed E-state index contributed by atoms with van der Waals surface area (Å²) in [5.74, 6) is 0. The number of hydrogen-bond donors (Lipinski definition) is 0. The van der Waals surface area contributed by atoms with Gasteiger partial charge in [-0.05, 0) is 113 Å². The van der Waals surface area contributed by atoms with Gasteiger partial charge in [-0.25, -0.2) is 0 Å². The fraction of sp³-hybridized carbons (Fsp3) is 0.125. The Balaban J connectivity index is 1.28. The second-order valence-corrected chi connectivity index (χ2v) is 15.0. The van der Waals surface area contributed by atoms with Crippen molar-refractivity contribution in [2.45, 2.75) is 38.5 Å². The number of fused-ring (bicyclic) bond motifs is 11. The summed E-state index contributed by atoms with van der Waals surface area (Å²) in [5.41, 5.74) is 14.1. The summed E-state index contributed by atoms with van der Waals surface area (Å²) in [4.78, 5) is 2.55. The fourth-order valence-electron chi connectivity index (χ4n) is 9.05. The molecule has 0 radical (unpaired) electrons. The van der Waals surface area contributed by atoms with E-state index in [0.717, 1.165) is 0 Å². The van der Waals surface area contributed by atoms with Crippen molar-refractivity contribution < 1.29 is 0 Å². The van der Waals surface area contributed by atoms with E-state index in [0.29, 0.717) is 0 Å². The summed E-state index contributed by atoms with van der Waals surface area (Å²) in [6, 6.07) is 56.8. The lowest BCUT2D eigenvalue weighted by atomic mass is 9.71. The summed E-state index contributed by atoms with van der Waals surface area (Å²) in [7, 11) is 0. The molecule has 10 rings (SSSR count). The van der Waals surface area contributed by atoms with E-state index in [2.05, 4.69) is 184 Å². The molecule has 0 saturated heterocycles. The Bertz CT molecular complexity index is 2620. The van der Waals surface area contributed by atoms with Gasteiger partial charge in [0.1, 0.15) is 0 Å². The minimum absolute atomic E-state index is 0.0906. The first-order chi connectivity index (χ1) is 23.8. The molecule has 49 heavy (non-hydrogen) atoms. The van der Waals surface area contributed by atoms with E-state index in [1.165, 1.54) is 93.9 Å². The summed E-state index contributed by atoms with van der Waals surface area (Å²) in [6.07, 6.45) is 0. The van der Waals surface area contributed by atoms with E-state index in [1.807, 2.05) is 0 Å². The van der Waals surface area contributed by atoms with Crippen molar-refractivity contribution in [1.82, 2.24) is 0 Å². The van der Waals surface area contributed by atoms with E-state index in [4.69, 9.17) is 0 Å². The van der Waals surface area contributed by atoms with Crippen LogP contribution in [0.15, 0.2) is 152 Å². The van der Waals surface area contributed by atoms with Crippen LogP contribution in [0.1, 0.15) is 49.9 Å². The van der Waals surface area contributed by atoms with E-state index in [1.54, 1.807) is 0 Å². The third-order valence-electron chi connectivity index (χ3n) is 11.6. The van der Waals surface area contributed by atoms with E-state index >= 15 is 0 Å². The number of anilines is 3. The molecular formula is C48H37N. The van der Waals surface area contributed by atoms with Gasteiger partial charge in [-0.3, -0.25) is 0 Å². The lowest BCUT2D eigenvalue weighted by Gasteiger charge is -2.43. The highest BCUT2D eigenvalue weighted by Gasteiger charge is 2.42. The van der Waals surface area contributed by atoms with Crippen LogP contribution in [0.3, 0.4) is 0 Å². The summed E-state index contributed by atoms with van der Waals surface area (Å²) in [5, 5.41) is 7.78. The van der Waals surface area contributed by atoms with E-state index < -0.39 is 0 Å². The summed E-state index contributed by atoms with van der Waals surface area (Å²) < 4.78 is 0. The van der Waals surface area contributed by atoms with Crippen molar-refractivity contribution in [2.24, 2.45) is 0 Å². The van der Waals surface area contributed by atoms with Gasteiger partial charge in [-0.15, -0.1) is 0 Å². The highest BCUT2D eigenvalue weighted by atomic mass is 15.2. The Labute approximate surface area is 288 Å². The van der Waals surface area contributed by atoms with Gasteiger partial charge in [0.05, 0.1) is 11.4 Å². The molecule has 1 aliphatic carbocycles. The molecule has 0 N–H and O–H groups in total. The molecule has 0 unspecified atom stereocenters. The van der Waals surface area contributed by atoms with Crippen LogP contribution in [0.2, 0.25) is 0 Å². The average Bonchev–Trinajstić information content (AvgIpc) is 3.37. The fourth-order valence-corrected chi connectivity index (χ4v) is 9.05. The van der Waals surface area contributed by atoms with E-state index in [-0.39, 0.29) is 10.8 Å². The first-order valence-corrected chi connectivity index (χ1v) is 17.4. The average molecular weight is 628 g/mol. The molecule has 0 aromatic heterocycles. The third kappa shape index (κ3) is 3.88. The smallest absolute Gasteiger partial charge is 0.0506 e. The molecule has 8 aromatic rings. The molecule has 1 nitrogen and oxygen atoms in total. The normalized spacial score (nSPS) is 15.2. The summed E-state index contributed by atoms with van der Waals surface area (Å²) >= 11 is 0. The van der Waals surface area contributed by atoms with Crippen LogP contribution in [-0.2, 0) is 10.8 Å². The zero-order valence-corrected chi connectivity index (χ0v) is 28.4. The van der Waals surface area contributed by atoms with Crippen LogP contribution in [0.5, 0.6) is 0 Å². The SMILES string of the molecule is CC1(C)c2ccccc2-c2cc3c(cc21)N(c1ccc2c4ccccc4c4ccccc4c2c1)c1ccc(-c2ccccc2)cc1C3(C)C. The molecule has 1 heteroatoms. The lowest BCUT2D eigenvalue weighted by Crippen LogP contribution is -2.31. The van der Waals surface area contributed by atoms with Gasteiger partial charge in [0.2, 0.25) is 0 Å². The minimum atomic E-state index is -0.220. The molecule has 0 atom stereocenters. The molecule has 0 fully saturated rings. The molecule has 2 aliphatic rings. The molecular weight excluding hydrogens is 591 g/mol. The number of rotatable bonds is 2. The molecule has 234 valence electrons. The van der Waals surface area contributed by atoms with Crippen LogP contribution in [0.4, 0.5) is 17.1 Å². The van der Waals surface area contributed by atoms with Gasteiger partial charge in [-0.2, -0.15) is 0 Å². The lowest BCUT2D eigenvalue weighted by molar-refractivity contribution is 0.627. The number of hydrogen-bond acceptors (Lipinski definition) is 1. The quantitative estimate of drug-likeness (QED) is 0.172. The maximum Gasteiger partial charge on any atom is 0.0506 e. The minimum Gasteiger partial charge on any atom is -0.310 e. The second-order valence-electron chi connectivity index (χ2n) is 15.0. The number of benzene rings is 8. The Kier molecular flexibility index (Phi) is 5.75. The van der Waals surface area contributed by atoms with Crippen LogP contribution in [-0.4, -0.2) is 0 Å². The Morgan fingerprint density at radius 3 is 1.63 bits per heavy atom. The predicted octanol–water partition coefficient (Wildman–Crippen LogP) is 13.2. The standard InChI is InChI=1S/C48H37N/c1-47(2)41-21-13-12-20-38(41)40-28-44-46(29-42(40)47)49(45-25-22-31(26-43(45)48(44,3)4)30-14-6-5-7-15-30)32-23-24-37-35-18-9-8-16-33(35)34-17-10-11-19-36(34)39(37)27-32/h5-29H,1-4H3. The van der Waals surface area contributed by atoms with Crippen LogP contribution in [0.25, 0.3) is 54.6 Å². The molecule has 1 heterocycles. The van der Waals surface area contributed by atoms with Gasteiger partial charge in [0.25, 0.3) is 0 Å². The van der Waals surface area contributed by atoms with Crippen molar-refractivity contribution in [3.63, 3.8) is 0 Å². The van der Waals surface area contributed by atoms with Gasteiger partial charge in [0.15, 0.2) is 0 Å². The Morgan fingerprint density at radius 2 is 0.918 bits per heavy atom. The molecule has 0 bridgehead atoms. The van der Waals surface area contributed by atoms with Crippen molar-refractivity contribution in [3.05, 3.63) is 174 Å². The molecule has 0 amide bonds. The maximum atomic E-state index is 2.55. The van der Waals surface area contributed by atoms with Gasteiger partial charge in [-0.1, -0.05) is 143 Å². The molecule has 0 saturated carbocycles. The van der Waals surface area contributed by atoms with Crippen molar-refractivity contribution >= 4 is 49.4 Å². The number of nitrogens with zero attached hydrogens (tertiary/aromatic N) is 1. The van der Waals surface area contributed by atoms with Crippen molar-refractivity contribution in [1.29, 1.82) is 0 Å². The van der Waals surface area contributed by atoms with Crippen LogP contribution >= 0.6 is 0 Å². The molecule has 8 aromatic carbocycles. The Morgan fingerprint density at radius 1 is 0.347 bits per heavy atom. The molecule has 1 aliphatic heterocycles. The zero-order valence-electron chi connectivity index (χ0n) is 28.4. The first-order valence-electron chi connectivity index (χ1n) is 17.4. The topological polar surface area (TPSA) is 3.24 Å². The monoisotopic (exact) mass is 627 g/mol. The maximum absolute atomic E-state index is 2.55. The summed E-state index contributed by atoms with van der Waals surface area (Å²) in [6.45, 7) is 9.59. The van der Waals surface area contributed by atoms with Crippen LogP contribution in [0, 0.1) is 0 Å². The Hall–Kier alpha value is -5.66. The largest absolute Gasteiger partial charge is 0.310 e. The highest BCUT2D eigenvalue weighted by Crippen LogP contribution is 2.58. The third-order valence-corrected chi connectivity index (χ3v) is 11.6. The first kappa shape index (κ1) is 28.4. The molecule has 0 spiro atoms. The van der Waals surface area contributed by atoms with Crippen molar-refractivity contribution in [3.8, 4) is 22.3 Å². The predicted molar refractivity (Wildman–Crippen MR) is 209 cm³/mol. The van der Waals surface area contributed by atoms with Crippen LogP contribution < -0.4 is 4.90 Å². The second kappa shape index (κ2) is 9.94. The van der Waals surface area contributed by atoms with Gasteiger partial charge in [0, 0.05) is 16.5 Å². The van der Waals surface area contributed by atoms with Gasteiger partial charge < -0.3 is 4.90 Å². The van der Waals surface area contributed by atoms with Gasteiger partial charge >= 0.3 is 0 Å². The van der Waals surface area contributed by atoms with Crippen molar-refractivity contribution in [2.75, 3.05) is 4.90 Å². The highest BCUT2D eigenvalue weighted by molar-refractivity contribution is 6.25.